The number of anilines is 1. The van der Waals surface area contributed by atoms with Crippen LogP contribution in [0, 0.1) is 0 Å². The predicted octanol–water partition coefficient (Wildman–Crippen LogP) is 0.885. The average Bonchev–Trinajstić information content (AvgIpc) is 2.07. The minimum Gasteiger partial charge on any atom is -0.504 e. The monoisotopic (exact) mass is 231 g/mol. The number of rotatable bonds is 3. The van der Waals surface area contributed by atoms with Crippen LogP contribution in [-0.4, -0.2) is 22.0 Å². The van der Waals surface area contributed by atoms with Gasteiger partial charge in [-0.2, -0.15) is 0 Å². The number of aromatic hydroxyl groups is 1. The van der Waals surface area contributed by atoms with Gasteiger partial charge in [-0.05, 0) is 13.0 Å². The molecule has 1 heterocycles. The van der Waals surface area contributed by atoms with E-state index in [2.05, 4.69) is 10.3 Å². The lowest BCUT2D eigenvalue weighted by Gasteiger charge is -2.07. The van der Waals surface area contributed by atoms with E-state index in [1.807, 2.05) is 0 Å². The van der Waals surface area contributed by atoms with Gasteiger partial charge in [0.05, 0.1) is 11.9 Å². The molecule has 0 saturated carbocycles. The van der Waals surface area contributed by atoms with E-state index < -0.39 is 0 Å². The highest BCUT2D eigenvalue weighted by molar-refractivity contribution is 5.92. The van der Waals surface area contributed by atoms with Gasteiger partial charge in [0.2, 0.25) is 5.91 Å². The first-order chi connectivity index (χ1) is 6.59. The predicted molar refractivity (Wildman–Crippen MR) is 60.0 cm³/mol. The zero-order chi connectivity index (χ0) is 10.6. The molecule has 5 nitrogen and oxygen atoms in total. The fourth-order valence-corrected chi connectivity index (χ4v) is 0.985. The highest BCUT2D eigenvalue weighted by Crippen LogP contribution is 2.19. The Morgan fingerprint density at radius 1 is 1.73 bits per heavy atom. The molecule has 1 amide bonds. The van der Waals surface area contributed by atoms with Crippen molar-refractivity contribution in [1.29, 1.82) is 0 Å². The molecule has 0 aliphatic rings. The molecule has 0 radical (unpaired) electrons. The maximum absolute atomic E-state index is 11.3. The van der Waals surface area contributed by atoms with Crippen molar-refractivity contribution < 1.29 is 9.90 Å². The quantitative estimate of drug-likeness (QED) is 0.721. The van der Waals surface area contributed by atoms with Crippen molar-refractivity contribution in [1.82, 2.24) is 4.98 Å². The van der Waals surface area contributed by atoms with Crippen molar-refractivity contribution >= 4 is 24.0 Å². The first kappa shape index (κ1) is 13.7. The summed E-state index contributed by atoms with van der Waals surface area (Å²) in [4.78, 5) is 14.9. The topological polar surface area (TPSA) is 88.2 Å². The third-order valence-electron chi connectivity index (χ3n) is 1.58. The Bertz CT molecular complexity index is 331. The molecule has 0 aromatic carbocycles. The second-order valence-electron chi connectivity index (χ2n) is 3.12. The molecular weight excluding hydrogens is 218 g/mol. The van der Waals surface area contributed by atoms with Crippen LogP contribution < -0.4 is 11.1 Å². The van der Waals surface area contributed by atoms with Crippen LogP contribution in [0.2, 0.25) is 0 Å². The minimum atomic E-state index is -0.221. The molecule has 0 saturated heterocycles. The standard InChI is InChI=1S/C9H13N3O2.ClH/c1-6(10)4-9(14)12-7-2-3-11-5-8(7)13;/h2-3,5-6,13H,4,10H2,1H3,(H,11,12,14);1H. The van der Waals surface area contributed by atoms with E-state index in [1.54, 1.807) is 6.92 Å². The van der Waals surface area contributed by atoms with Crippen LogP contribution in [-0.2, 0) is 4.79 Å². The van der Waals surface area contributed by atoms with Gasteiger partial charge < -0.3 is 16.2 Å². The SMILES string of the molecule is CC(N)CC(=O)Nc1ccncc1O.Cl. The molecule has 1 rings (SSSR count). The maximum Gasteiger partial charge on any atom is 0.226 e. The number of carbonyl (C=O) groups excluding carboxylic acids is 1. The molecule has 0 fully saturated rings. The van der Waals surface area contributed by atoms with Crippen LogP contribution in [0.1, 0.15) is 13.3 Å². The van der Waals surface area contributed by atoms with Crippen LogP contribution in [0.5, 0.6) is 5.75 Å². The minimum absolute atomic E-state index is 0. The summed E-state index contributed by atoms with van der Waals surface area (Å²) in [5.74, 6) is -0.271. The Morgan fingerprint density at radius 3 is 2.93 bits per heavy atom. The fourth-order valence-electron chi connectivity index (χ4n) is 0.985. The van der Waals surface area contributed by atoms with Gasteiger partial charge in [-0.1, -0.05) is 0 Å². The zero-order valence-electron chi connectivity index (χ0n) is 8.30. The number of halogens is 1. The third-order valence-corrected chi connectivity index (χ3v) is 1.58. The van der Waals surface area contributed by atoms with Crippen LogP contribution in [0.3, 0.4) is 0 Å². The zero-order valence-corrected chi connectivity index (χ0v) is 9.12. The van der Waals surface area contributed by atoms with Gasteiger partial charge in [0, 0.05) is 18.7 Å². The van der Waals surface area contributed by atoms with Gasteiger partial charge in [0.1, 0.15) is 0 Å². The number of hydrogen-bond acceptors (Lipinski definition) is 4. The highest BCUT2D eigenvalue weighted by atomic mass is 35.5. The number of nitrogens with two attached hydrogens (primary N) is 1. The number of hydrogen-bond donors (Lipinski definition) is 3. The van der Waals surface area contributed by atoms with Gasteiger partial charge in [-0.25, -0.2) is 0 Å². The van der Waals surface area contributed by atoms with Crippen LogP contribution in [0.25, 0.3) is 0 Å². The Labute approximate surface area is 94.1 Å². The van der Waals surface area contributed by atoms with Crippen LogP contribution >= 0.6 is 12.4 Å². The maximum atomic E-state index is 11.3. The molecule has 0 aliphatic carbocycles. The number of aromatic nitrogens is 1. The molecule has 6 heteroatoms. The van der Waals surface area contributed by atoms with E-state index in [4.69, 9.17) is 5.73 Å². The van der Waals surface area contributed by atoms with Gasteiger partial charge in [-0.3, -0.25) is 9.78 Å². The molecule has 1 unspecified atom stereocenters. The second-order valence-corrected chi connectivity index (χ2v) is 3.12. The van der Waals surface area contributed by atoms with Gasteiger partial charge in [0.15, 0.2) is 5.75 Å². The first-order valence-corrected chi connectivity index (χ1v) is 4.28. The highest BCUT2D eigenvalue weighted by Gasteiger charge is 2.07. The molecule has 0 aliphatic heterocycles. The molecule has 1 aromatic heterocycles. The number of pyridine rings is 1. The number of nitrogens with one attached hydrogen (secondary N) is 1. The summed E-state index contributed by atoms with van der Waals surface area (Å²) in [6.45, 7) is 1.74. The molecule has 1 atom stereocenters. The molecule has 4 N–H and O–H groups in total. The van der Waals surface area contributed by atoms with Crippen molar-refractivity contribution in [2.24, 2.45) is 5.73 Å². The Kier molecular flexibility index (Phi) is 5.66. The van der Waals surface area contributed by atoms with Crippen molar-refractivity contribution in [3.05, 3.63) is 18.5 Å². The Morgan fingerprint density at radius 2 is 2.40 bits per heavy atom. The van der Waals surface area contributed by atoms with Crippen molar-refractivity contribution in [2.75, 3.05) is 5.32 Å². The van der Waals surface area contributed by atoms with E-state index in [0.717, 1.165) is 0 Å². The lowest BCUT2D eigenvalue weighted by Crippen LogP contribution is -2.23. The average molecular weight is 232 g/mol. The molecule has 1 aromatic rings. The molecule has 0 bridgehead atoms. The van der Waals surface area contributed by atoms with Crippen molar-refractivity contribution in [3.63, 3.8) is 0 Å². The lowest BCUT2D eigenvalue weighted by molar-refractivity contribution is -0.116. The lowest BCUT2D eigenvalue weighted by atomic mass is 10.2. The number of nitrogens with zero attached hydrogens (tertiary/aromatic N) is 1. The van der Waals surface area contributed by atoms with Crippen LogP contribution in [0.4, 0.5) is 5.69 Å². The summed E-state index contributed by atoms with van der Waals surface area (Å²) in [6.07, 6.45) is 2.98. The normalized spacial score (nSPS) is 11.3. The largest absolute Gasteiger partial charge is 0.504 e. The summed E-state index contributed by atoms with van der Waals surface area (Å²) in [5, 5.41) is 11.8. The van der Waals surface area contributed by atoms with Crippen molar-refractivity contribution in [2.45, 2.75) is 19.4 Å². The van der Waals surface area contributed by atoms with Gasteiger partial charge >= 0.3 is 0 Å². The van der Waals surface area contributed by atoms with Gasteiger partial charge in [0.25, 0.3) is 0 Å². The summed E-state index contributed by atoms with van der Waals surface area (Å²) in [6, 6.07) is 1.33. The van der Waals surface area contributed by atoms with E-state index >= 15 is 0 Å². The van der Waals surface area contributed by atoms with E-state index in [-0.39, 0.29) is 36.5 Å². The number of amides is 1. The van der Waals surface area contributed by atoms with E-state index in [1.165, 1.54) is 18.5 Å². The second kappa shape index (κ2) is 6.21. The van der Waals surface area contributed by atoms with Crippen LogP contribution in [0.15, 0.2) is 18.5 Å². The van der Waals surface area contributed by atoms with Gasteiger partial charge in [-0.15, -0.1) is 12.4 Å². The number of carbonyl (C=O) groups is 1. The summed E-state index contributed by atoms with van der Waals surface area (Å²) >= 11 is 0. The first-order valence-electron chi connectivity index (χ1n) is 4.28. The Hall–Kier alpha value is -1.33. The smallest absolute Gasteiger partial charge is 0.226 e. The third kappa shape index (κ3) is 4.62. The molecule has 15 heavy (non-hydrogen) atoms. The van der Waals surface area contributed by atoms with E-state index in [9.17, 15) is 9.90 Å². The van der Waals surface area contributed by atoms with Crippen molar-refractivity contribution in [3.8, 4) is 5.75 Å². The summed E-state index contributed by atoms with van der Waals surface area (Å²) < 4.78 is 0. The molecule has 0 spiro atoms. The summed E-state index contributed by atoms with van der Waals surface area (Å²) in [7, 11) is 0. The Balaban J connectivity index is 0.00000196. The molecular formula is C9H14ClN3O2. The summed E-state index contributed by atoms with van der Waals surface area (Å²) in [5.41, 5.74) is 5.80. The fraction of sp³-hybridized carbons (Fsp3) is 0.333. The van der Waals surface area contributed by atoms with E-state index in [0.29, 0.717) is 5.69 Å². The molecule has 84 valence electrons.